The molecular formula is C25H25F4N3O3. The predicted octanol–water partition coefficient (Wildman–Crippen LogP) is 4.94. The molecule has 1 aliphatic rings. The molecule has 2 aromatic carbocycles. The lowest BCUT2D eigenvalue weighted by molar-refractivity contribution is -0.137. The van der Waals surface area contributed by atoms with Gasteiger partial charge < -0.3 is 14.5 Å². The molecule has 6 nitrogen and oxygen atoms in total. The van der Waals surface area contributed by atoms with Crippen molar-refractivity contribution in [3.05, 3.63) is 88.9 Å². The molecule has 0 bridgehead atoms. The first-order chi connectivity index (χ1) is 16.8. The SMILES string of the molecule is O=C(NC[C@@H]1CCCO1)c1coc(CN(Cc2ccc(F)cc2)Cc2ccc(C(F)(F)F)cc2)n1. The summed E-state index contributed by atoms with van der Waals surface area (Å²) < 4.78 is 63.0. The van der Waals surface area contributed by atoms with Gasteiger partial charge in [0.15, 0.2) is 5.69 Å². The number of halogens is 4. The zero-order chi connectivity index (χ0) is 24.8. The van der Waals surface area contributed by atoms with Gasteiger partial charge in [0.05, 0.1) is 18.2 Å². The minimum atomic E-state index is -4.41. The molecule has 1 N–H and O–H groups in total. The molecule has 1 fully saturated rings. The first-order valence-electron chi connectivity index (χ1n) is 11.2. The lowest BCUT2D eigenvalue weighted by atomic mass is 10.1. The summed E-state index contributed by atoms with van der Waals surface area (Å²) in [7, 11) is 0. The zero-order valence-electron chi connectivity index (χ0n) is 18.9. The van der Waals surface area contributed by atoms with Crippen molar-refractivity contribution in [1.82, 2.24) is 15.2 Å². The number of alkyl halides is 3. The van der Waals surface area contributed by atoms with Gasteiger partial charge in [-0.05, 0) is 48.2 Å². The second-order valence-corrected chi connectivity index (χ2v) is 8.44. The van der Waals surface area contributed by atoms with E-state index in [0.29, 0.717) is 31.8 Å². The van der Waals surface area contributed by atoms with E-state index in [-0.39, 0.29) is 36.0 Å². The average Bonchev–Trinajstić information content (AvgIpc) is 3.51. The van der Waals surface area contributed by atoms with E-state index in [1.165, 1.54) is 30.5 Å². The number of aromatic nitrogens is 1. The van der Waals surface area contributed by atoms with Gasteiger partial charge in [-0.3, -0.25) is 9.69 Å². The smallest absolute Gasteiger partial charge is 0.416 e. The Morgan fingerprint density at radius 3 is 2.29 bits per heavy atom. The van der Waals surface area contributed by atoms with Crippen LogP contribution in [0, 0.1) is 5.82 Å². The Kier molecular flexibility index (Phi) is 7.82. The van der Waals surface area contributed by atoms with Crippen molar-refractivity contribution in [2.24, 2.45) is 0 Å². The number of carbonyl (C=O) groups excluding carboxylic acids is 1. The van der Waals surface area contributed by atoms with Crippen LogP contribution >= 0.6 is 0 Å². The third kappa shape index (κ3) is 7.12. The Hall–Kier alpha value is -3.24. The van der Waals surface area contributed by atoms with Crippen LogP contribution in [0.5, 0.6) is 0 Å². The van der Waals surface area contributed by atoms with Crippen molar-refractivity contribution < 1.29 is 31.5 Å². The van der Waals surface area contributed by atoms with E-state index in [4.69, 9.17) is 9.15 Å². The van der Waals surface area contributed by atoms with Gasteiger partial charge in [-0.15, -0.1) is 0 Å². The highest BCUT2D eigenvalue weighted by Crippen LogP contribution is 2.29. The van der Waals surface area contributed by atoms with Gasteiger partial charge in [0, 0.05) is 26.2 Å². The largest absolute Gasteiger partial charge is 0.447 e. The number of hydrogen-bond acceptors (Lipinski definition) is 5. The van der Waals surface area contributed by atoms with E-state index in [2.05, 4.69) is 10.3 Å². The fourth-order valence-corrected chi connectivity index (χ4v) is 3.85. The Morgan fingerprint density at radius 1 is 1.03 bits per heavy atom. The Balaban J connectivity index is 1.44. The van der Waals surface area contributed by atoms with Crippen LogP contribution in [0.1, 0.15) is 45.9 Å². The molecule has 2 heterocycles. The number of amides is 1. The number of ether oxygens (including phenoxy) is 1. The average molecular weight is 491 g/mol. The van der Waals surface area contributed by atoms with E-state index < -0.39 is 11.7 Å². The summed E-state index contributed by atoms with van der Waals surface area (Å²) >= 11 is 0. The molecule has 0 unspecified atom stereocenters. The second-order valence-electron chi connectivity index (χ2n) is 8.44. The highest BCUT2D eigenvalue weighted by atomic mass is 19.4. The topological polar surface area (TPSA) is 67.6 Å². The van der Waals surface area contributed by atoms with Gasteiger partial charge in [-0.1, -0.05) is 24.3 Å². The van der Waals surface area contributed by atoms with Crippen LogP contribution in [0.15, 0.2) is 59.2 Å². The van der Waals surface area contributed by atoms with E-state index in [1.807, 2.05) is 4.90 Å². The molecule has 1 atom stereocenters. The molecule has 186 valence electrons. The molecule has 0 radical (unpaired) electrons. The molecular weight excluding hydrogens is 466 g/mol. The molecule has 0 aliphatic carbocycles. The fourth-order valence-electron chi connectivity index (χ4n) is 3.85. The predicted molar refractivity (Wildman–Crippen MR) is 119 cm³/mol. The van der Waals surface area contributed by atoms with E-state index >= 15 is 0 Å². The summed E-state index contributed by atoms with van der Waals surface area (Å²) in [4.78, 5) is 18.6. The minimum absolute atomic E-state index is 0.000237. The summed E-state index contributed by atoms with van der Waals surface area (Å²) in [6, 6.07) is 10.9. The van der Waals surface area contributed by atoms with E-state index in [0.717, 1.165) is 30.5 Å². The van der Waals surface area contributed by atoms with Crippen LogP contribution in [-0.2, 0) is 30.5 Å². The van der Waals surface area contributed by atoms with Crippen molar-refractivity contribution in [2.45, 2.75) is 44.8 Å². The Morgan fingerprint density at radius 2 is 1.69 bits per heavy atom. The molecule has 10 heteroatoms. The van der Waals surface area contributed by atoms with Gasteiger partial charge in [-0.25, -0.2) is 9.37 Å². The fraction of sp³-hybridized carbons (Fsp3) is 0.360. The van der Waals surface area contributed by atoms with Crippen LogP contribution in [0.25, 0.3) is 0 Å². The van der Waals surface area contributed by atoms with Gasteiger partial charge in [0.25, 0.3) is 5.91 Å². The standard InChI is InChI=1S/C25H25F4N3O3/c26-20-9-5-18(6-10-20)14-32(13-17-3-7-19(8-4-17)25(27,28)29)15-23-31-22(16-35-23)24(33)30-12-21-2-1-11-34-21/h3-10,16,21H,1-2,11-15H2,(H,30,33)/t21-/m0/s1. The highest BCUT2D eigenvalue weighted by Gasteiger charge is 2.30. The minimum Gasteiger partial charge on any atom is -0.447 e. The lowest BCUT2D eigenvalue weighted by Gasteiger charge is -2.21. The number of nitrogens with one attached hydrogen (secondary N) is 1. The number of nitrogens with zero attached hydrogens (tertiary/aromatic N) is 2. The molecule has 1 aromatic heterocycles. The molecule has 4 rings (SSSR count). The number of rotatable bonds is 9. The highest BCUT2D eigenvalue weighted by molar-refractivity contribution is 5.91. The van der Waals surface area contributed by atoms with Gasteiger partial charge in [0.2, 0.25) is 5.89 Å². The quantitative estimate of drug-likeness (QED) is 0.430. The van der Waals surface area contributed by atoms with Crippen LogP contribution < -0.4 is 5.32 Å². The van der Waals surface area contributed by atoms with Crippen molar-refractivity contribution in [3.63, 3.8) is 0 Å². The van der Waals surface area contributed by atoms with Gasteiger partial charge in [0.1, 0.15) is 12.1 Å². The number of hydrogen-bond donors (Lipinski definition) is 1. The Bertz CT molecular complexity index is 1110. The van der Waals surface area contributed by atoms with Crippen molar-refractivity contribution in [2.75, 3.05) is 13.2 Å². The summed E-state index contributed by atoms with van der Waals surface area (Å²) in [6.07, 6.45) is -1.27. The van der Waals surface area contributed by atoms with Crippen molar-refractivity contribution in [3.8, 4) is 0 Å². The van der Waals surface area contributed by atoms with Crippen LogP contribution in [0.2, 0.25) is 0 Å². The maximum Gasteiger partial charge on any atom is 0.416 e. The van der Waals surface area contributed by atoms with Gasteiger partial charge in [-0.2, -0.15) is 13.2 Å². The number of benzene rings is 2. The molecule has 1 aliphatic heterocycles. The first-order valence-corrected chi connectivity index (χ1v) is 11.2. The van der Waals surface area contributed by atoms with Crippen molar-refractivity contribution in [1.29, 1.82) is 0 Å². The summed E-state index contributed by atoms with van der Waals surface area (Å²) in [5.41, 5.74) is 0.868. The number of carbonyl (C=O) groups is 1. The Labute approximate surface area is 199 Å². The summed E-state index contributed by atoms with van der Waals surface area (Å²) in [6.45, 7) is 1.93. The monoisotopic (exact) mass is 491 g/mol. The summed E-state index contributed by atoms with van der Waals surface area (Å²) in [5.74, 6) is -0.459. The molecule has 0 spiro atoms. The maximum absolute atomic E-state index is 13.3. The zero-order valence-corrected chi connectivity index (χ0v) is 18.9. The second kappa shape index (κ2) is 11.0. The van der Waals surface area contributed by atoms with Crippen LogP contribution in [0.3, 0.4) is 0 Å². The molecule has 1 saturated heterocycles. The van der Waals surface area contributed by atoms with E-state index in [9.17, 15) is 22.4 Å². The molecule has 0 saturated carbocycles. The molecule has 1 amide bonds. The van der Waals surface area contributed by atoms with Gasteiger partial charge >= 0.3 is 6.18 Å². The normalized spacial score (nSPS) is 16.1. The third-order valence-electron chi connectivity index (χ3n) is 5.66. The lowest BCUT2D eigenvalue weighted by Crippen LogP contribution is -2.32. The number of oxazole rings is 1. The summed E-state index contributed by atoms with van der Waals surface area (Å²) in [5, 5.41) is 2.78. The first kappa shape index (κ1) is 24.9. The molecule has 35 heavy (non-hydrogen) atoms. The van der Waals surface area contributed by atoms with Crippen LogP contribution in [-0.4, -0.2) is 35.0 Å². The molecule has 3 aromatic rings. The van der Waals surface area contributed by atoms with E-state index in [1.54, 1.807) is 12.1 Å². The van der Waals surface area contributed by atoms with Crippen molar-refractivity contribution >= 4 is 5.91 Å². The van der Waals surface area contributed by atoms with Crippen LogP contribution in [0.4, 0.5) is 17.6 Å². The maximum atomic E-state index is 13.3. The third-order valence-corrected chi connectivity index (χ3v) is 5.66.